The molecule has 246 valence electrons. The van der Waals surface area contributed by atoms with Crippen molar-refractivity contribution in [3.63, 3.8) is 0 Å². The molecule has 0 bridgehead atoms. The van der Waals surface area contributed by atoms with Crippen molar-refractivity contribution < 1.29 is 47.0 Å². The average Bonchev–Trinajstić information content (AvgIpc) is 3.08. The highest BCUT2D eigenvalue weighted by atomic mass is 32.8. The molecule has 5 unspecified atom stereocenters. The van der Waals surface area contributed by atoms with Crippen molar-refractivity contribution in [2.45, 2.75) is 45.3 Å². The van der Waals surface area contributed by atoms with Crippen LogP contribution in [0.25, 0.3) is 10.9 Å². The van der Waals surface area contributed by atoms with Gasteiger partial charge >= 0.3 is 17.9 Å². The Hall–Kier alpha value is -5.31. The zero-order valence-electron chi connectivity index (χ0n) is 26.8. The SMILES string of the molecule is C#CC#CC#CC#CC#CC#COC(=O)C(C)CC(CC(CC)C(=O)Oc1cc[n+](C)c2cc(C(C)S(=O)(=S)O[O-])ccc12)C(=O)OC. The number of carbonyl (C=O) groups excluding carboxylic acids is 3. The minimum atomic E-state index is -3.54. The average molecular weight is 686 g/mol. The van der Waals surface area contributed by atoms with Crippen LogP contribution in [-0.2, 0) is 55.2 Å². The lowest BCUT2D eigenvalue weighted by atomic mass is 9.86. The van der Waals surface area contributed by atoms with Crippen molar-refractivity contribution in [1.29, 1.82) is 0 Å². The number of nitrogens with zero attached hydrogens (tertiary/aromatic N) is 1. The number of ether oxygens (including phenoxy) is 3. The summed E-state index contributed by atoms with van der Waals surface area (Å²) in [6.07, 6.45) is 9.24. The molecule has 0 saturated heterocycles. The molecule has 0 saturated carbocycles. The lowest BCUT2D eigenvalue weighted by Gasteiger charge is -2.22. The molecule has 0 aliphatic rings. The van der Waals surface area contributed by atoms with E-state index in [1.54, 1.807) is 55.9 Å². The first-order chi connectivity index (χ1) is 22.9. The Balaban J connectivity index is 2.15. The molecule has 1 aromatic heterocycles. The minimum Gasteiger partial charge on any atom is -0.709 e. The standard InChI is InChI=1S/C36H31NO9S2/c1-7-9-10-11-12-13-14-15-16-17-22-44-34(38)26(3)23-30(35(39)43-6)24-28(8-2)36(40)45-33-20-21-37(5)32-25-29(18-19-31(32)33)27(4)48(42,47)46-41/h1,18-21,25-28,30H,8,23-24H2,2-6H3. The van der Waals surface area contributed by atoms with Crippen LogP contribution in [0.5, 0.6) is 5.75 Å². The molecule has 2 rings (SSSR count). The fourth-order valence-corrected chi connectivity index (χ4v) is 5.30. The Morgan fingerprint density at radius 3 is 2.15 bits per heavy atom. The normalized spacial score (nSPS) is 13.4. The van der Waals surface area contributed by atoms with Gasteiger partial charge in [-0.25, -0.2) is 8.78 Å². The van der Waals surface area contributed by atoms with E-state index in [2.05, 4.69) is 69.6 Å². The summed E-state index contributed by atoms with van der Waals surface area (Å²) in [5, 5.41) is 10.6. The molecule has 0 amide bonds. The number of fused-ring (bicyclic) bond motifs is 1. The van der Waals surface area contributed by atoms with E-state index < -0.39 is 49.7 Å². The summed E-state index contributed by atoms with van der Waals surface area (Å²) in [7, 11) is -0.544. The molecule has 0 spiro atoms. The third kappa shape index (κ3) is 11.5. The van der Waals surface area contributed by atoms with Crippen molar-refractivity contribution in [2.24, 2.45) is 24.8 Å². The second kappa shape index (κ2) is 19.4. The zero-order chi connectivity index (χ0) is 35.7. The van der Waals surface area contributed by atoms with Crippen molar-refractivity contribution in [1.82, 2.24) is 0 Å². The van der Waals surface area contributed by atoms with E-state index in [0.717, 1.165) is 0 Å². The molecule has 48 heavy (non-hydrogen) atoms. The predicted molar refractivity (Wildman–Crippen MR) is 177 cm³/mol. The third-order valence-electron chi connectivity index (χ3n) is 7.07. The van der Waals surface area contributed by atoms with Gasteiger partial charge in [-0.05, 0) is 67.4 Å². The highest BCUT2D eigenvalue weighted by molar-refractivity contribution is 8.30. The zero-order valence-corrected chi connectivity index (χ0v) is 28.5. The summed E-state index contributed by atoms with van der Waals surface area (Å²) in [6.45, 7) is 4.87. The van der Waals surface area contributed by atoms with Gasteiger partial charge in [0.15, 0.2) is 11.9 Å². The maximum atomic E-state index is 13.4. The van der Waals surface area contributed by atoms with E-state index in [-0.39, 0.29) is 18.6 Å². The molecule has 12 heteroatoms. The van der Waals surface area contributed by atoms with Gasteiger partial charge in [-0.15, -0.1) is 6.42 Å². The quantitative estimate of drug-likeness (QED) is 0.107. The van der Waals surface area contributed by atoms with Crippen LogP contribution in [0, 0.1) is 89.5 Å². The molecular weight excluding hydrogens is 655 g/mol. The smallest absolute Gasteiger partial charge is 0.322 e. The molecular formula is C36H31NO9S2. The van der Waals surface area contributed by atoms with Gasteiger partial charge in [0.1, 0.15) is 21.9 Å². The Kier molecular flexibility index (Phi) is 15.7. The summed E-state index contributed by atoms with van der Waals surface area (Å²) >= 11 is 4.82. The lowest BCUT2D eigenvalue weighted by Crippen LogP contribution is -2.30. The minimum absolute atomic E-state index is 0.0273. The molecule has 10 nitrogen and oxygen atoms in total. The second-order valence-corrected chi connectivity index (χ2v) is 13.4. The Morgan fingerprint density at radius 1 is 0.938 bits per heavy atom. The predicted octanol–water partition coefficient (Wildman–Crippen LogP) is 1.97. The summed E-state index contributed by atoms with van der Waals surface area (Å²) in [6, 6.07) is 6.60. The molecule has 0 aliphatic heterocycles. The topological polar surface area (TPSA) is 132 Å². The summed E-state index contributed by atoms with van der Waals surface area (Å²) in [5.41, 5.74) is 1.13. The van der Waals surface area contributed by atoms with Gasteiger partial charge in [-0.3, -0.25) is 14.4 Å². The molecule has 0 N–H and O–H groups in total. The van der Waals surface area contributed by atoms with Crippen LogP contribution in [0.1, 0.15) is 50.8 Å². The molecule has 0 fully saturated rings. The summed E-state index contributed by atoms with van der Waals surface area (Å²) in [4.78, 5) is 38.6. The van der Waals surface area contributed by atoms with Crippen molar-refractivity contribution >= 4 is 48.8 Å². The summed E-state index contributed by atoms with van der Waals surface area (Å²) in [5.74, 6) is 19.7. The number of carbonyl (C=O) groups is 3. The van der Waals surface area contributed by atoms with Crippen LogP contribution in [0.2, 0.25) is 0 Å². The van der Waals surface area contributed by atoms with Crippen LogP contribution in [0.4, 0.5) is 0 Å². The van der Waals surface area contributed by atoms with E-state index in [1.165, 1.54) is 14.0 Å². The van der Waals surface area contributed by atoms with Gasteiger partial charge in [0.2, 0.25) is 5.52 Å². The van der Waals surface area contributed by atoms with E-state index in [4.69, 9.17) is 31.8 Å². The molecule has 0 radical (unpaired) electrons. The van der Waals surface area contributed by atoms with Crippen LogP contribution in [0.3, 0.4) is 0 Å². The third-order valence-corrected chi connectivity index (χ3v) is 9.43. The first-order valence-electron chi connectivity index (χ1n) is 14.3. The number of aryl methyl sites for hydroxylation is 1. The molecule has 2 aromatic rings. The van der Waals surface area contributed by atoms with Crippen LogP contribution < -0.4 is 14.6 Å². The lowest BCUT2D eigenvalue weighted by molar-refractivity contribution is -0.644. The van der Waals surface area contributed by atoms with Crippen molar-refractivity contribution in [3.05, 3.63) is 36.0 Å². The molecule has 0 aliphatic carbocycles. The molecule has 1 aromatic carbocycles. The summed E-state index contributed by atoms with van der Waals surface area (Å²) < 4.78 is 33.6. The largest absolute Gasteiger partial charge is 0.709 e. The van der Waals surface area contributed by atoms with E-state index in [1.807, 2.05) is 0 Å². The van der Waals surface area contributed by atoms with E-state index in [9.17, 15) is 23.8 Å². The Labute approximate surface area is 285 Å². The van der Waals surface area contributed by atoms with E-state index >= 15 is 0 Å². The second-order valence-electron chi connectivity index (χ2n) is 10.2. The van der Waals surface area contributed by atoms with E-state index in [0.29, 0.717) is 22.9 Å². The van der Waals surface area contributed by atoms with Crippen molar-refractivity contribution in [2.75, 3.05) is 7.11 Å². The number of hydrogen-bond acceptors (Lipinski definition) is 10. The van der Waals surface area contributed by atoms with Crippen LogP contribution in [-0.4, -0.2) is 29.2 Å². The fraction of sp³-hybridized carbons (Fsp3) is 0.333. The maximum Gasteiger partial charge on any atom is 0.322 e. The van der Waals surface area contributed by atoms with Crippen LogP contribution >= 0.6 is 0 Å². The monoisotopic (exact) mass is 685 g/mol. The number of rotatable bonds is 12. The Morgan fingerprint density at radius 2 is 1.56 bits per heavy atom. The number of pyridine rings is 1. The van der Waals surface area contributed by atoms with Crippen molar-refractivity contribution in [3.8, 4) is 77.5 Å². The number of aromatic nitrogens is 1. The number of methoxy groups -OCH3 is 1. The highest BCUT2D eigenvalue weighted by Crippen LogP contribution is 2.31. The number of benzene rings is 1. The first-order valence-corrected chi connectivity index (χ1v) is 16.8. The fourth-order valence-electron chi connectivity index (χ4n) is 4.37. The Bertz CT molecular complexity index is 2020. The highest BCUT2D eigenvalue weighted by Gasteiger charge is 2.32. The molecule has 1 heterocycles. The van der Waals surface area contributed by atoms with Crippen LogP contribution in [0.15, 0.2) is 30.5 Å². The van der Waals surface area contributed by atoms with Gasteiger partial charge in [0.05, 0.1) is 35.5 Å². The number of terminal acetylenes is 1. The van der Waals surface area contributed by atoms with Gasteiger partial charge in [0, 0.05) is 52.9 Å². The van der Waals surface area contributed by atoms with Gasteiger partial charge in [0.25, 0.3) is 0 Å². The number of hydrogen-bond donors (Lipinski definition) is 0. The molecule has 5 atom stereocenters. The van der Waals surface area contributed by atoms with Gasteiger partial charge < -0.3 is 23.8 Å². The maximum absolute atomic E-state index is 13.4. The van der Waals surface area contributed by atoms with Gasteiger partial charge in [-0.2, -0.15) is 0 Å². The van der Waals surface area contributed by atoms with Gasteiger partial charge in [-0.1, -0.05) is 19.9 Å². The first kappa shape index (κ1) is 38.9. The number of esters is 3.